The highest BCUT2D eigenvalue weighted by molar-refractivity contribution is 5.77. The summed E-state index contributed by atoms with van der Waals surface area (Å²) >= 11 is 0. The number of anilines is 2. The molecule has 0 saturated heterocycles. The minimum absolute atomic E-state index is 0.246. The molecule has 130 valence electrons. The zero-order valence-electron chi connectivity index (χ0n) is 14.7. The molecule has 3 aromatic rings. The van der Waals surface area contributed by atoms with Crippen LogP contribution in [0.1, 0.15) is 18.9 Å². The molecule has 3 heterocycles. The van der Waals surface area contributed by atoms with Crippen LogP contribution >= 0.6 is 0 Å². The molecule has 0 N–H and O–H groups in total. The summed E-state index contributed by atoms with van der Waals surface area (Å²) in [5.41, 5.74) is 2.65. The van der Waals surface area contributed by atoms with Crippen LogP contribution in [-0.2, 0) is 20.1 Å². The van der Waals surface area contributed by atoms with E-state index in [9.17, 15) is 9.59 Å². The molecular formula is C18H21N5O2. The van der Waals surface area contributed by atoms with E-state index in [0.717, 1.165) is 24.6 Å². The van der Waals surface area contributed by atoms with Gasteiger partial charge in [0.25, 0.3) is 5.56 Å². The van der Waals surface area contributed by atoms with Gasteiger partial charge in [0.1, 0.15) is 0 Å². The molecule has 1 aliphatic heterocycles. The number of aromatic nitrogens is 4. The van der Waals surface area contributed by atoms with Crippen molar-refractivity contribution in [2.45, 2.75) is 33.4 Å². The lowest BCUT2D eigenvalue weighted by atomic mass is 10.2. The van der Waals surface area contributed by atoms with Gasteiger partial charge in [-0.15, -0.1) is 0 Å². The minimum Gasteiger partial charge on any atom is -0.310 e. The van der Waals surface area contributed by atoms with Crippen LogP contribution < -0.4 is 16.1 Å². The van der Waals surface area contributed by atoms with Crippen LogP contribution in [0.3, 0.4) is 0 Å². The molecule has 0 atom stereocenters. The number of nitrogens with zero attached hydrogens (tertiary/aromatic N) is 5. The maximum absolute atomic E-state index is 12.9. The van der Waals surface area contributed by atoms with Crippen molar-refractivity contribution in [1.29, 1.82) is 0 Å². The van der Waals surface area contributed by atoms with Gasteiger partial charge in [0.05, 0.1) is 0 Å². The van der Waals surface area contributed by atoms with Gasteiger partial charge in [-0.05, 0) is 25.5 Å². The van der Waals surface area contributed by atoms with Crippen LogP contribution in [-0.4, -0.2) is 25.2 Å². The summed E-state index contributed by atoms with van der Waals surface area (Å²) in [5.74, 6) is 0.722. The maximum atomic E-state index is 12.9. The molecule has 1 aliphatic rings. The zero-order chi connectivity index (χ0) is 17.7. The second-order valence-corrected chi connectivity index (χ2v) is 6.52. The molecule has 1 aromatic carbocycles. The van der Waals surface area contributed by atoms with Crippen molar-refractivity contribution in [1.82, 2.24) is 18.7 Å². The van der Waals surface area contributed by atoms with Crippen molar-refractivity contribution >= 4 is 22.8 Å². The normalized spacial score (nSPS) is 13.6. The molecule has 0 unspecified atom stereocenters. The van der Waals surface area contributed by atoms with Crippen molar-refractivity contribution in [2.75, 3.05) is 11.4 Å². The van der Waals surface area contributed by atoms with E-state index in [0.29, 0.717) is 24.3 Å². The average Bonchev–Trinajstić information content (AvgIpc) is 3.17. The Morgan fingerprint density at radius 1 is 1.12 bits per heavy atom. The van der Waals surface area contributed by atoms with Gasteiger partial charge in [0.2, 0.25) is 5.95 Å². The third kappa shape index (κ3) is 2.22. The van der Waals surface area contributed by atoms with E-state index in [4.69, 9.17) is 0 Å². The Hall–Kier alpha value is -2.83. The Labute approximate surface area is 144 Å². The highest BCUT2D eigenvalue weighted by Crippen LogP contribution is 2.31. The number of benzene rings is 1. The molecule has 2 aromatic heterocycles. The van der Waals surface area contributed by atoms with Gasteiger partial charge in [0.15, 0.2) is 11.2 Å². The number of hydrogen-bond acceptors (Lipinski definition) is 4. The van der Waals surface area contributed by atoms with E-state index in [2.05, 4.69) is 41.1 Å². The van der Waals surface area contributed by atoms with Crippen molar-refractivity contribution < 1.29 is 0 Å². The molecule has 0 amide bonds. The van der Waals surface area contributed by atoms with E-state index in [1.54, 1.807) is 7.05 Å². The molecule has 0 saturated carbocycles. The van der Waals surface area contributed by atoms with Crippen LogP contribution in [0.4, 0.5) is 11.6 Å². The van der Waals surface area contributed by atoms with Gasteiger partial charge in [-0.3, -0.25) is 13.9 Å². The summed E-state index contributed by atoms with van der Waals surface area (Å²) in [4.78, 5) is 32.1. The summed E-state index contributed by atoms with van der Waals surface area (Å²) in [6, 6.07) is 8.23. The number of imidazole rings is 1. The van der Waals surface area contributed by atoms with Crippen molar-refractivity contribution in [3.05, 3.63) is 50.7 Å². The highest BCUT2D eigenvalue weighted by Gasteiger charge is 2.28. The predicted molar refractivity (Wildman–Crippen MR) is 97.7 cm³/mol. The average molecular weight is 339 g/mol. The lowest BCUT2D eigenvalue weighted by molar-refractivity contribution is 0.590. The second-order valence-electron chi connectivity index (χ2n) is 6.52. The van der Waals surface area contributed by atoms with E-state index >= 15 is 0 Å². The van der Waals surface area contributed by atoms with Crippen molar-refractivity contribution in [2.24, 2.45) is 7.05 Å². The molecular weight excluding hydrogens is 318 g/mol. The molecule has 7 heteroatoms. The molecule has 25 heavy (non-hydrogen) atoms. The first-order chi connectivity index (χ1) is 12.0. The number of fused-ring (bicyclic) bond motifs is 3. The van der Waals surface area contributed by atoms with Gasteiger partial charge in [0, 0.05) is 32.4 Å². The van der Waals surface area contributed by atoms with Crippen LogP contribution in [0, 0.1) is 6.92 Å². The number of aryl methyl sites for hydroxylation is 2. The summed E-state index contributed by atoms with van der Waals surface area (Å²) in [6.07, 6.45) is 0.733. The van der Waals surface area contributed by atoms with Gasteiger partial charge in [-0.1, -0.05) is 24.6 Å². The molecule has 4 rings (SSSR count). The smallest absolute Gasteiger partial charge is 0.310 e. The molecule has 0 fully saturated rings. The monoisotopic (exact) mass is 339 g/mol. The first kappa shape index (κ1) is 15.7. The van der Waals surface area contributed by atoms with Crippen LogP contribution in [0.2, 0.25) is 0 Å². The molecule has 0 spiro atoms. The first-order valence-corrected chi connectivity index (χ1v) is 8.57. The SMILES string of the molecule is CCCn1c(=O)c2c(nc3n2CCN3c2ccc(C)cc2)n(C)c1=O. The third-order valence-electron chi connectivity index (χ3n) is 4.79. The zero-order valence-corrected chi connectivity index (χ0v) is 14.7. The fourth-order valence-corrected chi connectivity index (χ4v) is 3.47. The van der Waals surface area contributed by atoms with Gasteiger partial charge in [-0.25, -0.2) is 4.79 Å². The standard InChI is InChI=1S/C18H21N5O2/c1-4-9-23-16(24)14-15(20(3)18(23)25)19-17-21(10-11-22(14)17)13-7-5-12(2)6-8-13/h5-8H,4,9-11H2,1-3H3. The minimum atomic E-state index is -0.307. The molecule has 7 nitrogen and oxygen atoms in total. The second kappa shape index (κ2) is 5.61. The topological polar surface area (TPSA) is 65.1 Å². The molecule has 0 radical (unpaired) electrons. The lowest BCUT2D eigenvalue weighted by Gasteiger charge is -2.16. The fraction of sp³-hybridized carbons (Fsp3) is 0.389. The lowest BCUT2D eigenvalue weighted by Crippen LogP contribution is -2.39. The summed E-state index contributed by atoms with van der Waals surface area (Å²) in [7, 11) is 1.68. The quantitative estimate of drug-likeness (QED) is 0.729. The van der Waals surface area contributed by atoms with Gasteiger partial charge >= 0.3 is 5.69 Å². The molecule has 0 aliphatic carbocycles. The largest absolute Gasteiger partial charge is 0.332 e. The predicted octanol–water partition coefficient (Wildman–Crippen LogP) is 1.77. The van der Waals surface area contributed by atoms with Gasteiger partial charge < -0.3 is 9.47 Å². The van der Waals surface area contributed by atoms with E-state index in [1.165, 1.54) is 14.7 Å². The van der Waals surface area contributed by atoms with Crippen molar-refractivity contribution in [3.63, 3.8) is 0 Å². The summed E-state index contributed by atoms with van der Waals surface area (Å²) in [6.45, 7) is 5.87. The van der Waals surface area contributed by atoms with Crippen LogP contribution in [0.5, 0.6) is 0 Å². The Kier molecular flexibility index (Phi) is 3.52. The first-order valence-electron chi connectivity index (χ1n) is 8.57. The highest BCUT2D eigenvalue weighted by atomic mass is 16.2. The number of rotatable bonds is 3. The summed E-state index contributed by atoms with van der Waals surface area (Å²) in [5, 5.41) is 0. The van der Waals surface area contributed by atoms with E-state index < -0.39 is 0 Å². The maximum Gasteiger partial charge on any atom is 0.332 e. The van der Waals surface area contributed by atoms with Crippen molar-refractivity contribution in [3.8, 4) is 0 Å². The van der Waals surface area contributed by atoms with Crippen LogP contribution in [0.25, 0.3) is 11.2 Å². The third-order valence-corrected chi connectivity index (χ3v) is 4.79. The Morgan fingerprint density at radius 2 is 1.84 bits per heavy atom. The fourth-order valence-electron chi connectivity index (χ4n) is 3.47. The number of hydrogen-bond donors (Lipinski definition) is 0. The summed E-state index contributed by atoms with van der Waals surface area (Å²) < 4.78 is 4.72. The van der Waals surface area contributed by atoms with Gasteiger partial charge in [-0.2, -0.15) is 4.98 Å². The molecule has 0 bridgehead atoms. The van der Waals surface area contributed by atoms with E-state index in [1.807, 2.05) is 11.5 Å². The van der Waals surface area contributed by atoms with E-state index in [-0.39, 0.29) is 11.2 Å². The van der Waals surface area contributed by atoms with Crippen LogP contribution in [0.15, 0.2) is 33.9 Å². The Balaban J connectivity index is 1.95. The Morgan fingerprint density at radius 3 is 2.52 bits per heavy atom. The Bertz CT molecular complexity index is 1070.